The van der Waals surface area contributed by atoms with Crippen LogP contribution in [0.3, 0.4) is 0 Å². The zero-order chi connectivity index (χ0) is 19.5. The monoisotopic (exact) mass is 369 g/mol. The third kappa shape index (κ3) is 3.42. The van der Waals surface area contributed by atoms with E-state index in [-0.39, 0.29) is 18.0 Å². The molecule has 0 atom stereocenters. The fourth-order valence-electron chi connectivity index (χ4n) is 3.36. The first-order valence-corrected chi connectivity index (χ1v) is 9.02. The molecule has 2 aromatic heterocycles. The highest BCUT2D eigenvalue weighted by Crippen LogP contribution is 2.25. The van der Waals surface area contributed by atoms with Gasteiger partial charge in [-0.1, -0.05) is 36.4 Å². The molecule has 0 saturated heterocycles. The molecule has 4 rings (SSSR count). The van der Waals surface area contributed by atoms with Gasteiger partial charge in [-0.3, -0.25) is 14.6 Å². The second-order valence-electron chi connectivity index (χ2n) is 6.62. The summed E-state index contributed by atoms with van der Waals surface area (Å²) in [5.74, 6) is -0.160. The molecule has 0 saturated carbocycles. The van der Waals surface area contributed by atoms with Gasteiger partial charge < -0.3 is 9.88 Å². The van der Waals surface area contributed by atoms with Crippen LogP contribution in [-0.2, 0) is 6.54 Å². The Morgan fingerprint density at radius 2 is 1.82 bits per heavy atom. The van der Waals surface area contributed by atoms with Crippen LogP contribution in [0, 0.1) is 6.92 Å². The van der Waals surface area contributed by atoms with Crippen LogP contribution in [-0.4, -0.2) is 15.9 Å². The number of carbonyl (C=O) groups excluding carboxylic acids is 1. The highest BCUT2D eigenvalue weighted by atomic mass is 16.2. The van der Waals surface area contributed by atoms with Crippen molar-refractivity contribution in [3.8, 4) is 0 Å². The van der Waals surface area contributed by atoms with Crippen LogP contribution < -0.4 is 10.5 Å². The van der Waals surface area contributed by atoms with Crippen LogP contribution in [0.25, 0.3) is 10.9 Å². The minimum Gasteiger partial charge on any atom is -0.322 e. The molecule has 0 spiro atoms. The van der Waals surface area contributed by atoms with Crippen molar-refractivity contribution < 1.29 is 4.79 Å². The number of nitrogens with one attached hydrogen (secondary N) is 1. The molecule has 138 valence electrons. The summed E-state index contributed by atoms with van der Waals surface area (Å²) in [6.45, 7) is 2.25. The lowest BCUT2D eigenvalue weighted by Crippen LogP contribution is -2.31. The summed E-state index contributed by atoms with van der Waals surface area (Å²) in [5.41, 5.74) is 3.64. The number of carbonyl (C=O) groups is 1. The van der Waals surface area contributed by atoms with Crippen molar-refractivity contribution in [3.05, 3.63) is 106 Å². The Balaban J connectivity index is 1.85. The molecule has 0 aliphatic heterocycles. The number of hydrogen-bond acceptors (Lipinski definition) is 3. The van der Waals surface area contributed by atoms with Crippen LogP contribution in [0.4, 0.5) is 5.69 Å². The maximum absolute atomic E-state index is 13.3. The van der Waals surface area contributed by atoms with Crippen LogP contribution >= 0.6 is 0 Å². The van der Waals surface area contributed by atoms with E-state index in [9.17, 15) is 9.59 Å². The molecule has 0 aliphatic rings. The smallest absolute Gasteiger partial charge is 0.260 e. The Bertz CT molecular complexity index is 1200. The number of benzene rings is 2. The topological polar surface area (TPSA) is 66.1 Å². The number of aromatic amines is 1. The van der Waals surface area contributed by atoms with Gasteiger partial charge in [0.15, 0.2) is 0 Å². The van der Waals surface area contributed by atoms with Crippen molar-refractivity contribution in [2.75, 3.05) is 4.90 Å². The molecule has 4 aromatic rings. The fraction of sp³-hybridized carbons (Fsp3) is 0.0870. The number of aromatic nitrogens is 2. The Labute approximate surface area is 162 Å². The standard InChI is InChI=1S/C23H19N3O2/c1-16-7-2-5-11-21(16)26(23(28)17-8-6-12-24-14-17)15-18-13-22(27)25-20-10-4-3-9-19(18)20/h2-14H,15H2,1H3,(H,25,27). The maximum Gasteiger partial charge on any atom is 0.260 e. The molecule has 0 bridgehead atoms. The van der Waals surface area contributed by atoms with Crippen LogP contribution in [0.5, 0.6) is 0 Å². The number of anilines is 1. The summed E-state index contributed by atoms with van der Waals surface area (Å²) in [5, 5.41) is 0.916. The molecule has 0 aliphatic carbocycles. The first-order chi connectivity index (χ1) is 13.6. The number of aryl methyl sites for hydroxylation is 1. The summed E-state index contributed by atoms with van der Waals surface area (Å²) in [6.07, 6.45) is 3.20. The Hall–Kier alpha value is -3.73. The van der Waals surface area contributed by atoms with Crippen LogP contribution in [0.1, 0.15) is 21.5 Å². The minimum absolute atomic E-state index is 0.160. The van der Waals surface area contributed by atoms with E-state index in [2.05, 4.69) is 9.97 Å². The zero-order valence-corrected chi connectivity index (χ0v) is 15.4. The molecule has 0 fully saturated rings. The third-order valence-electron chi connectivity index (χ3n) is 4.72. The van der Waals surface area contributed by atoms with E-state index < -0.39 is 0 Å². The number of hydrogen-bond donors (Lipinski definition) is 1. The Morgan fingerprint density at radius 3 is 2.61 bits per heavy atom. The lowest BCUT2D eigenvalue weighted by molar-refractivity contribution is 0.0984. The van der Waals surface area contributed by atoms with Gasteiger partial charge in [0.1, 0.15) is 0 Å². The summed E-state index contributed by atoms with van der Waals surface area (Å²) < 4.78 is 0. The Morgan fingerprint density at radius 1 is 1.04 bits per heavy atom. The largest absolute Gasteiger partial charge is 0.322 e. The molecular weight excluding hydrogens is 350 g/mol. The summed E-state index contributed by atoms with van der Waals surface area (Å²) in [6, 6.07) is 20.4. The van der Waals surface area contributed by atoms with Crippen molar-refractivity contribution in [3.63, 3.8) is 0 Å². The second-order valence-corrected chi connectivity index (χ2v) is 6.62. The molecule has 2 aromatic carbocycles. The van der Waals surface area contributed by atoms with Gasteiger partial charge in [-0.25, -0.2) is 0 Å². The number of nitrogens with zero attached hydrogens (tertiary/aromatic N) is 2. The maximum atomic E-state index is 13.3. The molecule has 5 heteroatoms. The number of rotatable bonds is 4. The van der Waals surface area contributed by atoms with Crippen molar-refractivity contribution in [2.45, 2.75) is 13.5 Å². The summed E-state index contributed by atoms with van der Waals surface area (Å²) >= 11 is 0. The van der Waals surface area contributed by atoms with Crippen molar-refractivity contribution in [1.82, 2.24) is 9.97 Å². The van der Waals surface area contributed by atoms with E-state index in [4.69, 9.17) is 0 Å². The normalized spacial score (nSPS) is 10.8. The average molecular weight is 369 g/mol. The molecule has 1 amide bonds. The third-order valence-corrected chi connectivity index (χ3v) is 4.72. The van der Waals surface area contributed by atoms with E-state index in [0.29, 0.717) is 5.56 Å². The average Bonchev–Trinajstić information content (AvgIpc) is 2.72. The van der Waals surface area contributed by atoms with Gasteiger partial charge in [-0.05, 0) is 42.3 Å². The molecule has 1 N–H and O–H groups in total. The predicted octanol–water partition coefficient (Wildman–Crippen LogP) is 4.08. The van der Waals surface area contributed by atoms with E-state index in [1.807, 2.05) is 55.5 Å². The van der Waals surface area contributed by atoms with Gasteiger partial charge in [0.05, 0.1) is 12.1 Å². The van der Waals surface area contributed by atoms with Gasteiger partial charge >= 0.3 is 0 Å². The predicted molar refractivity (Wildman–Crippen MR) is 110 cm³/mol. The van der Waals surface area contributed by atoms with Gasteiger partial charge in [0, 0.05) is 35.1 Å². The lowest BCUT2D eigenvalue weighted by Gasteiger charge is -2.25. The van der Waals surface area contributed by atoms with E-state index in [1.165, 1.54) is 0 Å². The second kappa shape index (κ2) is 7.48. The minimum atomic E-state index is -0.188. The summed E-state index contributed by atoms with van der Waals surface area (Å²) in [7, 11) is 0. The molecule has 0 radical (unpaired) electrons. The van der Waals surface area contributed by atoms with Crippen molar-refractivity contribution in [1.29, 1.82) is 0 Å². The van der Waals surface area contributed by atoms with Crippen molar-refractivity contribution >= 4 is 22.5 Å². The number of pyridine rings is 2. The highest BCUT2D eigenvalue weighted by molar-refractivity contribution is 6.06. The first kappa shape index (κ1) is 17.7. The SMILES string of the molecule is Cc1ccccc1N(Cc1cc(=O)[nH]c2ccccc12)C(=O)c1cccnc1. The quantitative estimate of drug-likeness (QED) is 0.589. The number of H-pyrrole nitrogens is 1. The number of fused-ring (bicyclic) bond motifs is 1. The van der Waals surface area contributed by atoms with E-state index in [0.717, 1.165) is 27.7 Å². The van der Waals surface area contributed by atoms with Gasteiger partial charge in [-0.15, -0.1) is 0 Å². The van der Waals surface area contributed by atoms with Gasteiger partial charge in [0.25, 0.3) is 5.91 Å². The van der Waals surface area contributed by atoms with E-state index >= 15 is 0 Å². The molecule has 5 nitrogen and oxygen atoms in total. The van der Waals surface area contributed by atoms with Crippen molar-refractivity contribution in [2.24, 2.45) is 0 Å². The van der Waals surface area contributed by atoms with Gasteiger partial charge in [-0.2, -0.15) is 0 Å². The molecular formula is C23H19N3O2. The van der Waals surface area contributed by atoms with Crippen LogP contribution in [0.2, 0.25) is 0 Å². The number of para-hydroxylation sites is 2. The first-order valence-electron chi connectivity index (χ1n) is 9.02. The van der Waals surface area contributed by atoms with E-state index in [1.54, 1.807) is 35.5 Å². The highest BCUT2D eigenvalue weighted by Gasteiger charge is 2.21. The summed E-state index contributed by atoms with van der Waals surface area (Å²) in [4.78, 5) is 34.1. The molecule has 28 heavy (non-hydrogen) atoms. The fourth-order valence-corrected chi connectivity index (χ4v) is 3.36. The van der Waals surface area contributed by atoms with Gasteiger partial charge in [0.2, 0.25) is 5.56 Å². The zero-order valence-electron chi connectivity index (χ0n) is 15.4. The van der Waals surface area contributed by atoms with Crippen LogP contribution in [0.15, 0.2) is 83.9 Å². The molecule has 2 heterocycles. The Kier molecular flexibility index (Phi) is 4.72. The molecule has 0 unspecified atom stereocenters. The number of amides is 1. The lowest BCUT2D eigenvalue weighted by atomic mass is 10.1.